The highest BCUT2D eigenvalue weighted by molar-refractivity contribution is 7.92. The van der Waals surface area contributed by atoms with Crippen LogP contribution in [-0.2, 0) is 14.8 Å². The van der Waals surface area contributed by atoms with E-state index in [0.29, 0.717) is 11.3 Å². The fraction of sp³-hybridized carbons (Fsp3) is 0.0476. The molecule has 3 aromatic rings. The van der Waals surface area contributed by atoms with E-state index in [-0.39, 0.29) is 27.5 Å². The first-order valence-corrected chi connectivity index (χ1v) is 11.2. The number of rotatable bonds is 7. The molecule has 0 aliphatic heterocycles. The first-order chi connectivity index (χ1) is 15.7. The molecule has 0 bridgehead atoms. The maximum atomic E-state index is 12.9. The number of thiocarbonyl (C=S) groups is 1. The predicted molar refractivity (Wildman–Crippen MR) is 126 cm³/mol. The molecule has 33 heavy (non-hydrogen) atoms. The molecule has 3 rings (SSSR count). The van der Waals surface area contributed by atoms with Gasteiger partial charge in [-0.15, -0.1) is 10.2 Å². The predicted octanol–water partition coefficient (Wildman–Crippen LogP) is 2.95. The lowest BCUT2D eigenvalue weighted by molar-refractivity contribution is -0.115. The highest BCUT2D eigenvalue weighted by Gasteiger charge is 2.15. The molecule has 9 nitrogen and oxygen atoms in total. The summed E-state index contributed by atoms with van der Waals surface area (Å²) >= 11 is 5.09. The SMILES string of the molecule is COc1ccc(NS(=O)(=O)c2ccc(NC(=S)NC(=O)/C=C/c3ccc(F)cc3)cc2)nn1. The summed E-state index contributed by atoms with van der Waals surface area (Å²) in [6, 6.07) is 14.2. The number of anilines is 2. The van der Waals surface area contributed by atoms with E-state index in [1.165, 1.54) is 79.9 Å². The quantitative estimate of drug-likeness (QED) is 0.344. The summed E-state index contributed by atoms with van der Waals surface area (Å²) in [5.41, 5.74) is 1.11. The molecule has 1 amide bonds. The molecule has 0 aliphatic carbocycles. The summed E-state index contributed by atoms with van der Waals surface area (Å²) in [7, 11) is -2.47. The van der Waals surface area contributed by atoms with E-state index in [0.717, 1.165) is 0 Å². The summed E-state index contributed by atoms with van der Waals surface area (Å²) < 4.78 is 45.1. The van der Waals surface area contributed by atoms with Crippen molar-refractivity contribution >= 4 is 50.8 Å². The molecule has 1 aromatic heterocycles. The van der Waals surface area contributed by atoms with Crippen molar-refractivity contribution in [2.24, 2.45) is 0 Å². The van der Waals surface area contributed by atoms with Crippen molar-refractivity contribution in [3.63, 3.8) is 0 Å². The zero-order chi connectivity index (χ0) is 23.8. The zero-order valence-corrected chi connectivity index (χ0v) is 18.8. The molecule has 0 saturated carbocycles. The van der Waals surface area contributed by atoms with Gasteiger partial charge in [-0.25, -0.2) is 12.8 Å². The number of carbonyl (C=O) groups is 1. The van der Waals surface area contributed by atoms with Gasteiger partial charge in [0.2, 0.25) is 11.8 Å². The summed E-state index contributed by atoms with van der Waals surface area (Å²) in [6.07, 6.45) is 2.77. The Bertz CT molecular complexity index is 1260. The van der Waals surface area contributed by atoms with Gasteiger partial charge in [-0.2, -0.15) is 0 Å². The molecule has 2 aromatic carbocycles. The third-order valence-corrected chi connectivity index (χ3v) is 5.62. The first kappa shape index (κ1) is 23.8. The van der Waals surface area contributed by atoms with Gasteiger partial charge in [0.25, 0.3) is 10.0 Å². The monoisotopic (exact) mass is 487 g/mol. The minimum absolute atomic E-state index is 0.0112. The van der Waals surface area contributed by atoms with Gasteiger partial charge in [-0.05, 0) is 66.3 Å². The minimum atomic E-state index is -3.89. The average molecular weight is 488 g/mol. The van der Waals surface area contributed by atoms with Gasteiger partial charge in [0.15, 0.2) is 10.9 Å². The van der Waals surface area contributed by atoms with Gasteiger partial charge in [0, 0.05) is 17.8 Å². The van der Waals surface area contributed by atoms with Crippen LogP contribution >= 0.6 is 12.2 Å². The number of carbonyl (C=O) groups excluding carboxylic acids is 1. The average Bonchev–Trinajstić information content (AvgIpc) is 2.79. The standard InChI is InChI=1S/C21H18FN5O4S2/c1-31-20-13-11-18(25-26-20)27-33(29,30)17-9-7-16(8-10-17)23-21(32)24-19(28)12-4-14-2-5-15(22)6-3-14/h2-13H,1H3,(H,25,27)(H2,23,24,28,32)/b12-4+. The number of ether oxygens (including phenoxy) is 1. The summed E-state index contributed by atoms with van der Waals surface area (Å²) in [6.45, 7) is 0. The smallest absolute Gasteiger partial charge is 0.263 e. The summed E-state index contributed by atoms with van der Waals surface area (Å²) in [5.74, 6) is -0.565. The van der Waals surface area contributed by atoms with E-state index in [4.69, 9.17) is 17.0 Å². The maximum absolute atomic E-state index is 12.9. The number of amides is 1. The molecule has 0 fully saturated rings. The lowest BCUT2D eigenvalue weighted by Gasteiger charge is -2.10. The molecular formula is C21H18FN5O4S2. The van der Waals surface area contributed by atoms with Gasteiger partial charge in [0.05, 0.1) is 12.0 Å². The number of sulfonamides is 1. The van der Waals surface area contributed by atoms with Crippen LogP contribution in [0.15, 0.2) is 71.6 Å². The molecule has 0 radical (unpaired) electrons. The molecule has 12 heteroatoms. The second kappa shape index (κ2) is 10.6. The summed E-state index contributed by atoms with van der Waals surface area (Å²) in [5, 5.41) is 12.7. The number of halogens is 1. The van der Waals surface area contributed by atoms with E-state index in [1.807, 2.05) is 0 Å². The number of benzene rings is 2. The van der Waals surface area contributed by atoms with Gasteiger partial charge < -0.3 is 10.1 Å². The van der Waals surface area contributed by atoms with E-state index in [2.05, 4.69) is 25.6 Å². The Balaban J connectivity index is 1.56. The second-order valence-electron chi connectivity index (χ2n) is 6.42. The van der Waals surface area contributed by atoms with Crippen molar-refractivity contribution in [2.45, 2.75) is 4.90 Å². The fourth-order valence-corrected chi connectivity index (χ4v) is 3.67. The van der Waals surface area contributed by atoms with Crippen molar-refractivity contribution in [3.8, 4) is 5.88 Å². The van der Waals surface area contributed by atoms with Gasteiger partial charge in [-0.1, -0.05) is 12.1 Å². The minimum Gasteiger partial charge on any atom is -0.480 e. The van der Waals surface area contributed by atoms with Crippen LogP contribution in [0, 0.1) is 5.82 Å². The Labute approximate surface area is 194 Å². The Morgan fingerprint density at radius 1 is 1.03 bits per heavy atom. The van der Waals surface area contributed by atoms with Gasteiger partial charge in [-0.3, -0.25) is 14.8 Å². The molecular weight excluding hydrogens is 469 g/mol. The lowest BCUT2D eigenvalue weighted by atomic mass is 10.2. The van der Waals surface area contributed by atoms with E-state index < -0.39 is 15.9 Å². The highest BCUT2D eigenvalue weighted by atomic mass is 32.2. The molecule has 170 valence electrons. The Morgan fingerprint density at radius 2 is 1.73 bits per heavy atom. The van der Waals surface area contributed by atoms with Crippen LogP contribution in [0.4, 0.5) is 15.9 Å². The van der Waals surface area contributed by atoms with Crippen LogP contribution in [-0.4, -0.2) is 36.7 Å². The first-order valence-electron chi connectivity index (χ1n) is 9.31. The molecule has 0 saturated heterocycles. The number of nitrogens with one attached hydrogen (secondary N) is 3. The van der Waals surface area contributed by atoms with Crippen molar-refractivity contribution in [3.05, 3.63) is 78.1 Å². The Hall–Kier alpha value is -3.90. The Kier molecular flexibility index (Phi) is 7.64. The topological polar surface area (TPSA) is 122 Å². The van der Waals surface area contributed by atoms with Gasteiger partial charge in [0.1, 0.15) is 5.82 Å². The molecule has 0 aliphatic rings. The molecule has 3 N–H and O–H groups in total. The lowest BCUT2D eigenvalue weighted by Crippen LogP contribution is -2.32. The van der Waals surface area contributed by atoms with Gasteiger partial charge >= 0.3 is 0 Å². The normalized spacial score (nSPS) is 11.1. The van der Waals surface area contributed by atoms with Crippen LogP contribution in [0.3, 0.4) is 0 Å². The van der Waals surface area contributed by atoms with Crippen LogP contribution in [0.2, 0.25) is 0 Å². The number of hydrogen-bond acceptors (Lipinski definition) is 7. The largest absolute Gasteiger partial charge is 0.480 e. The molecule has 1 heterocycles. The highest BCUT2D eigenvalue weighted by Crippen LogP contribution is 2.17. The number of hydrogen-bond donors (Lipinski definition) is 3. The van der Waals surface area contributed by atoms with Crippen LogP contribution in [0.5, 0.6) is 5.88 Å². The molecule has 0 spiro atoms. The van der Waals surface area contributed by atoms with E-state index >= 15 is 0 Å². The maximum Gasteiger partial charge on any atom is 0.263 e. The van der Waals surface area contributed by atoms with Crippen molar-refractivity contribution in [1.82, 2.24) is 15.5 Å². The van der Waals surface area contributed by atoms with Crippen LogP contribution in [0.25, 0.3) is 6.08 Å². The molecule has 0 unspecified atom stereocenters. The van der Waals surface area contributed by atoms with Crippen molar-refractivity contribution in [1.29, 1.82) is 0 Å². The Morgan fingerprint density at radius 3 is 2.33 bits per heavy atom. The molecule has 0 atom stereocenters. The second-order valence-corrected chi connectivity index (χ2v) is 8.51. The third-order valence-electron chi connectivity index (χ3n) is 4.04. The number of aromatic nitrogens is 2. The summed E-state index contributed by atoms with van der Waals surface area (Å²) in [4.78, 5) is 12.0. The number of nitrogens with zero attached hydrogens (tertiary/aromatic N) is 2. The van der Waals surface area contributed by atoms with E-state index in [1.54, 1.807) is 0 Å². The number of methoxy groups -OCH3 is 1. The fourth-order valence-electron chi connectivity index (χ4n) is 2.46. The van der Waals surface area contributed by atoms with Crippen molar-refractivity contribution < 1.29 is 22.3 Å². The van der Waals surface area contributed by atoms with Crippen LogP contribution in [0.1, 0.15) is 5.56 Å². The van der Waals surface area contributed by atoms with E-state index in [9.17, 15) is 17.6 Å². The third kappa shape index (κ3) is 7.05. The zero-order valence-electron chi connectivity index (χ0n) is 17.2. The van der Waals surface area contributed by atoms with Crippen LogP contribution < -0.4 is 20.1 Å². The van der Waals surface area contributed by atoms with Crippen molar-refractivity contribution in [2.75, 3.05) is 17.1 Å².